The number of hydrogen-bond acceptors (Lipinski definition) is 3. The molecular formula is C25H30BrF2N3O2. The van der Waals surface area contributed by atoms with E-state index in [9.17, 15) is 14.0 Å². The fraction of sp³-hybridized carbons (Fsp3) is 0.600. The fourth-order valence-electron chi connectivity index (χ4n) is 7.63. The second-order valence-corrected chi connectivity index (χ2v) is 11.2. The number of rotatable bonds is 8. The lowest BCUT2D eigenvalue weighted by Gasteiger charge is -2.48. The number of hydrogen-bond donors (Lipinski definition) is 2. The summed E-state index contributed by atoms with van der Waals surface area (Å²) in [7, 11) is 0. The Labute approximate surface area is 201 Å². The highest BCUT2D eigenvalue weighted by atomic mass is 79.9. The van der Waals surface area contributed by atoms with Crippen LogP contribution < -0.4 is 11.5 Å². The topological polar surface area (TPSA) is 89.4 Å². The number of amides is 2. The number of primary amides is 2. The maximum atomic E-state index is 15.5. The molecule has 8 heteroatoms. The zero-order valence-corrected chi connectivity index (χ0v) is 20.2. The minimum absolute atomic E-state index is 0.0431. The first-order valence-corrected chi connectivity index (χ1v) is 12.7. The molecule has 3 aliphatic carbocycles. The second kappa shape index (κ2) is 7.87. The number of benzene rings is 1. The summed E-state index contributed by atoms with van der Waals surface area (Å²) >= 11 is 3.02. The molecule has 1 aromatic carbocycles. The van der Waals surface area contributed by atoms with Crippen LogP contribution in [0.2, 0.25) is 0 Å². The van der Waals surface area contributed by atoms with Crippen molar-refractivity contribution in [3.8, 4) is 0 Å². The Balaban J connectivity index is 1.62. The molecule has 4 atom stereocenters. The van der Waals surface area contributed by atoms with Crippen LogP contribution in [-0.2, 0) is 15.0 Å². The Morgan fingerprint density at radius 1 is 1.00 bits per heavy atom. The summed E-state index contributed by atoms with van der Waals surface area (Å²) in [6.45, 7) is 3.06. The fourth-order valence-corrected chi connectivity index (χ4v) is 7.94. The average Bonchev–Trinajstić information content (AvgIpc) is 3.13. The van der Waals surface area contributed by atoms with Crippen molar-refractivity contribution < 1.29 is 18.4 Å². The third kappa shape index (κ3) is 2.95. The number of carbonyl (C=O) groups is 2. The summed E-state index contributed by atoms with van der Waals surface area (Å²) < 4.78 is 30.2. The van der Waals surface area contributed by atoms with Gasteiger partial charge in [0.1, 0.15) is 11.6 Å². The Morgan fingerprint density at radius 3 is 2.27 bits per heavy atom. The first-order valence-electron chi connectivity index (χ1n) is 11.9. The maximum absolute atomic E-state index is 15.5. The highest BCUT2D eigenvalue weighted by Gasteiger charge is 2.83. The van der Waals surface area contributed by atoms with E-state index >= 15 is 4.39 Å². The maximum Gasteiger partial charge on any atom is 0.229 e. The molecule has 4 aliphatic rings. The van der Waals surface area contributed by atoms with Crippen molar-refractivity contribution in [1.82, 2.24) is 4.90 Å². The van der Waals surface area contributed by atoms with E-state index in [4.69, 9.17) is 11.5 Å². The van der Waals surface area contributed by atoms with Crippen LogP contribution in [0.4, 0.5) is 8.78 Å². The molecule has 1 aliphatic heterocycles. The highest BCUT2D eigenvalue weighted by Crippen LogP contribution is 2.80. The van der Waals surface area contributed by atoms with Gasteiger partial charge in [0.25, 0.3) is 0 Å². The van der Waals surface area contributed by atoms with Gasteiger partial charge >= 0.3 is 0 Å². The number of halogens is 3. The van der Waals surface area contributed by atoms with Gasteiger partial charge in [0.05, 0.1) is 15.3 Å². The Bertz CT molecular complexity index is 1040. The van der Waals surface area contributed by atoms with Crippen LogP contribution in [0.25, 0.3) is 0 Å². The number of carbonyl (C=O) groups excluding carboxylic acids is 2. The quantitative estimate of drug-likeness (QED) is 0.310. The van der Waals surface area contributed by atoms with Crippen LogP contribution in [0, 0.1) is 34.3 Å². The summed E-state index contributed by atoms with van der Waals surface area (Å²) in [5, 5.41) is 0. The summed E-state index contributed by atoms with van der Waals surface area (Å²) in [6.07, 6.45) is 9.72. The zero-order valence-electron chi connectivity index (χ0n) is 18.6. The minimum atomic E-state index is -1.71. The van der Waals surface area contributed by atoms with Crippen molar-refractivity contribution in [1.29, 1.82) is 0 Å². The largest absolute Gasteiger partial charge is 0.369 e. The molecule has 0 aromatic heterocycles. The molecule has 1 saturated heterocycles. The van der Waals surface area contributed by atoms with Crippen molar-refractivity contribution in [2.45, 2.75) is 50.4 Å². The van der Waals surface area contributed by atoms with E-state index in [2.05, 4.69) is 20.8 Å². The Kier molecular flexibility index (Phi) is 5.48. The molecule has 0 radical (unpaired) electrons. The lowest BCUT2D eigenvalue weighted by Crippen LogP contribution is -2.62. The van der Waals surface area contributed by atoms with Gasteiger partial charge in [-0.15, -0.1) is 0 Å². The average molecular weight is 522 g/mol. The van der Waals surface area contributed by atoms with Crippen molar-refractivity contribution in [2.75, 3.05) is 19.6 Å². The van der Waals surface area contributed by atoms with E-state index in [0.29, 0.717) is 12.8 Å². The number of likely N-dealkylation sites (tertiary alicyclic amines) is 1. The molecular weight excluding hydrogens is 492 g/mol. The molecule has 3 fully saturated rings. The van der Waals surface area contributed by atoms with E-state index in [0.717, 1.165) is 51.0 Å². The van der Waals surface area contributed by atoms with Gasteiger partial charge < -0.3 is 16.4 Å². The van der Waals surface area contributed by atoms with Gasteiger partial charge in [-0.2, -0.15) is 0 Å². The Hall–Kier alpha value is -1.80. The first-order chi connectivity index (χ1) is 15.7. The SMILES string of the molecule is NC(=O)[C@]1(c2cc(F)c(Br)cc2F)[C@H]2C=C[C@H](C23CC3)[C@@]1(CCCCN1CCCC1)C(N)=O. The molecule has 1 spiro atoms. The van der Waals surface area contributed by atoms with E-state index < -0.39 is 40.2 Å². The van der Waals surface area contributed by atoms with Crippen molar-refractivity contribution in [2.24, 2.45) is 34.1 Å². The first kappa shape index (κ1) is 23.0. The number of unbranched alkanes of at least 4 members (excludes halogenated alkanes) is 1. The van der Waals surface area contributed by atoms with Crippen LogP contribution in [0.3, 0.4) is 0 Å². The van der Waals surface area contributed by atoms with Crippen molar-refractivity contribution in [3.05, 3.63) is 46.0 Å². The van der Waals surface area contributed by atoms with Crippen molar-refractivity contribution in [3.63, 3.8) is 0 Å². The molecule has 0 unspecified atom stereocenters. The zero-order chi connectivity index (χ0) is 23.6. The van der Waals surface area contributed by atoms with Crippen LogP contribution in [0.15, 0.2) is 28.8 Å². The normalized spacial score (nSPS) is 33.8. The lowest BCUT2D eigenvalue weighted by molar-refractivity contribution is -0.144. The third-order valence-electron chi connectivity index (χ3n) is 9.02. The molecule has 2 bridgehead atoms. The van der Waals surface area contributed by atoms with Gasteiger partial charge in [0.2, 0.25) is 11.8 Å². The van der Waals surface area contributed by atoms with E-state index in [1.54, 1.807) is 0 Å². The molecule has 5 nitrogen and oxygen atoms in total. The summed E-state index contributed by atoms with van der Waals surface area (Å²) in [5.74, 6) is -3.68. The number of nitrogens with two attached hydrogens (primary N) is 2. The minimum Gasteiger partial charge on any atom is -0.369 e. The van der Waals surface area contributed by atoms with Gasteiger partial charge in [0.15, 0.2) is 0 Å². The number of nitrogens with zero attached hydrogens (tertiary/aromatic N) is 1. The molecule has 5 rings (SSSR count). The van der Waals surface area contributed by atoms with E-state index in [1.807, 2.05) is 12.2 Å². The monoisotopic (exact) mass is 521 g/mol. The molecule has 2 amide bonds. The predicted octanol–water partition coefficient (Wildman–Crippen LogP) is 3.78. The van der Waals surface area contributed by atoms with Gasteiger partial charge in [0, 0.05) is 11.5 Å². The van der Waals surface area contributed by atoms with Crippen LogP contribution >= 0.6 is 15.9 Å². The predicted molar refractivity (Wildman–Crippen MR) is 124 cm³/mol. The third-order valence-corrected chi connectivity index (χ3v) is 9.63. The van der Waals surface area contributed by atoms with Crippen LogP contribution in [-0.4, -0.2) is 36.3 Å². The van der Waals surface area contributed by atoms with Gasteiger partial charge in [-0.3, -0.25) is 9.59 Å². The summed E-state index contributed by atoms with van der Waals surface area (Å²) in [5.41, 5.74) is 8.63. The van der Waals surface area contributed by atoms with Gasteiger partial charge in [-0.1, -0.05) is 18.6 Å². The van der Waals surface area contributed by atoms with Crippen LogP contribution in [0.1, 0.15) is 50.5 Å². The molecule has 33 heavy (non-hydrogen) atoms. The number of allylic oxidation sites excluding steroid dienone is 2. The van der Waals surface area contributed by atoms with Gasteiger partial charge in [-0.25, -0.2) is 8.78 Å². The van der Waals surface area contributed by atoms with Gasteiger partial charge in [-0.05, 0) is 97.6 Å². The molecule has 178 valence electrons. The summed E-state index contributed by atoms with van der Waals surface area (Å²) in [6, 6.07) is 2.06. The van der Waals surface area contributed by atoms with E-state index in [1.165, 1.54) is 12.8 Å². The standard InChI is InChI=1S/C25H30BrF2N3O2/c26-16-14-17(27)15(13-18(16)28)25(22(30)33)20-6-5-19(23(20)8-9-23)24(25,21(29)32)7-1-2-10-31-11-3-4-12-31/h5-6,13-14,19-20H,1-4,7-12H2,(H2,29,32)(H2,30,33)/t19-,20+,24+,25+/m1/s1. The summed E-state index contributed by atoms with van der Waals surface area (Å²) in [4.78, 5) is 29.2. The molecule has 1 aromatic rings. The van der Waals surface area contributed by atoms with Crippen molar-refractivity contribution >= 4 is 27.7 Å². The molecule has 2 saturated carbocycles. The van der Waals surface area contributed by atoms with Crippen LogP contribution in [0.5, 0.6) is 0 Å². The molecule has 1 heterocycles. The van der Waals surface area contributed by atoms with E-state index in [-0.39, 0.29) is 21.4 Å². The Morgan fingerprint density at radius 2 is 1.67 bits per heavy atom. The highest BCUT2D eigenvalue weighted by molar-refractivity contribution is 9.10. The second-order valence-electron chi connectivity index (χ2n) is 10.3. The lowest BCUT2D eigenvalue weighted by atomic mass is 9.52. The molecule has 4 N–H and O–H groups in total. The smallest absolute Gasteiger partial charge is 0.229 e.